The Hall–Kier alpha value is -0.340. The Morgan fingerprint density at radius 1 is 1.00 bits per heavy atom. The fraction of sp³-hybridized carbons (Fsp3) is 0.846. The Morgan fingerprint density at radius 2 is 1.53 bits per heavy atom. The van der Waals surface area contributed by atoms with Crippen LogP contribution in [0, 0.1) is 0 Å². The number of hydrogen-bond acceptors (Lipinski definition) is 2. The molecule has 15 heavy (non-hydrogen) atoms. The average Bonchev–Trinajstić information content (AvgIpc) is 2.26. The molecule has 0 saturated carbocycles. The van der Waals surface area contributed by atoms with E-state index in [0.29, 0.717) is 0 Å². The lowest BCUT2D eigenvalue weighted by atomic mass is 10.1. The summed E-state index contributed by atoms with van der Waals surface area (Å²) in [5.74, 6) is 0. The van der Waals surface area contributed by atoms with Gasteiger partial charge in [0.05, 0.1) is 7.11 Å². The molecule has 2 nitrogen and oxygen atoms in total. The second-order valence-electron chi connectivity index (χ2n) is 4.09. The molecule has 0 aromatic rings. The predicted octanol–water partition coefficient (Wildman–Crippen LogP) is 3.79. The van der Waals surface area contributed by atoms with Crippen molar-refractivity contribution in [3.05, 3.63) is 12.7 Å². The summed E-state index contributed by atoms with van der Waals surface area (Å²) in [7, 11) is 3.70. The number of hydroxylamine groups is 2. The Bertz CT molecular complexity index is 136. The van der Waals surface area contributed by atoms with Crippen LogP contribution in [0.1, 0.15) is 51.4 Å². The maximum atomic E-state index is 5.05. The van der Waals surface area contributed by atoms with Crippen LogP contribution in [0.3, 0.4) is 0 Å². The number of rotatable bonds is 11. The minimum Gasteiger partial charge on any atom is -0.303 e. The first-order valence-corrected chi connectivity index (χ1v) is 6.17. The third-order valence-corrected chi connectivity index (χ3v) is 2.69. The fourth-order valence-electron chi connectivity index (χ4n) is 1.60. The maximum absolute atomic E-state index is 5.05. The van der Waals surface area contributed by atoms with Crippen molar-refractivity contribution < 1.29 is 4.84 Å². The molecule has 0 saturated heterocycles. The molecule has 0 N–H and O–H groups in total. The molecule has 90 valence electrons. The first-order chi connectivity index (χ1) is 7.31. The van der Waals surface area contributed by atoms with E-state index in [2.05, 4.69) is 6.58 Å². The van der Waals surface area contributed by atoms with Crippen LogP contribution in [-0.2, 0) is 4.84 Å². The lowest BCUT2D eigenvalue weighted by Crippen LogP contribution is -2.17. The fourth-order valence-corrected chi connectivity index (χ4v) is 1.60. The number of hydrogen-bond donors (Lipinski definition) is 0. The minimum absolute atomic E-state index is 1.05. The molecule has 0 aromatic heterocycles. The van der Waals surface area contributed by atoms with Gasteiger partial charge in [0.25, 0.3) is 0 Å². The van der Waals surface area contributed by atoms with Gasteiger partial charge in [-0.25, -0.2) is 0 Å². The van der Waals surface area contributed by atoms with E-state index in [1.807, 2.05) is 18.2 Å². The standard InChI is InChI=1S/C13H27NO/c1-4-5-6-7-8-9-10-11-12-13-14(2)15-3/h4H,1,5-13H2,2-3H3. The second kappa shape index (κ2) is 11.7. The molecule has 0 aromatic carbocycles. The van der Waals surface area contributed by atoms with Crippen molar-refractivity contribution in [1.29, 1.82) is 0 Å². The maximum Gasteiger partial charge on any atom is 0.0575 e. The normalized spacial score (nSPS) is 10.9. The SMILES string of the molecule is C=CCCCCCCCCCN(C)OC. The van der Waals surface area contributed by atoms with Gasteiger partial charge in [0.2, 0.25) is 0 Å². The summed E-state index contributed by atoms with van der Waals surface area (Å²) in [6, 6.07) is 0. The molecule has 0 unspecified atom stereocenters. The molecular formula is C13H27NO. The van der Waals surface area contributed by atoms with Crippen molar-refractivity contribution in [3.8, 4) is 0 Å². The highest BCUT2D eigenvalue weighted by molar-refractivity contribution is 4.65. The van der Waals surface area contributed by atoms with Crippen LogP contribution >= 0.6 is 0 Å². The van der Waals surface area contributed by atoms with E-state index in [-0.39, 0.29) is 0 Å². The molecule has 0 aliphatic heterocycles. The van der Waals surface area contributed by atoms with Gasteiger partial charge >= 0.3 is 0 Å². The zero-order chi connectivity index (χ0) is 11.4. The zero-order valence-corrected chi connectivity index (χ0v) is 10.5. The summed E-state index contributed by atoms with van der Waals surface area (Å²) in [6.07, 6.45) is 12.6. The molecule has 0 aliphatic rings. The van der Waals surface area contributed by atoms with Crippen molar-refractivity contribution in [2.45, 2.75) is 51.4 Å². The Labute approximate surface area is 95.3 Å². The summed E-state index contributed by atoms with van der Waals surface area (Å²) >= 11 is 0. The van der Waals surface area contributed by atoms with Gasteiger partial charge < -0.3 is 4.84 Å². The molecule has 0 amide bonds. The molecule has 0 rings (SSSR count). The molecule has 0 radical (unpaired) electrons. The first kappa shape index (κ1) is 14.7. The van der Waals surface area contributed by atoms with Gasteiger partial charge in [-0.3, -0.25) is 0 Å². The minimum atomic E-state index is 1.05. The highest BCUT2D eigenvalue weighted by Crippen LogP contribution is 2.08. The Kier molecular flexibility index (Phi) is 11.5. The third-order valence-electron chi connectivity index (χ3n) is 2.69. The zero-order valence-electron chi connectivity index (χ0n) is 10.5. The largest absolute Gasteiger partial charge is 0.303 e. The summed E-state index contributed by atoms with van der Waals surface area (Å²) in [5, 5.41) is 1.89. The molecule has 0 fully saturated rings. The Morgan fingerprint density at radius 3 is 2.07 bits per heavy atom. The van der Waals surface area contributed by atoms with E-state index < -0.39 is 0 Å². The summed E-state index contributed by atoms with van der Waals surface area (Å²) in [4.78, 5) is 5.05. The summed E-state index contributed by atoms with van der Waals surface area (Å²) in [5.41, 5.74) is 0. The van der Waals surface area contributed by atoms with Gasteiger partial charge in [0, 0.05) is 13.6 Å². The predicted molar refractivity (Wildman–Crippen MR) is 66.8 cm³/mol. The van der Waals surface area contributed by atoms with E-state index in [1.54, 1.807) is 7.11 Å². The third kappa shape index (κ3) is 11.6. The Balaban J connectivity index is 2.95. The van der Waals surface area contributed by atoms with E-state index >= 15 is 0 Å². The summed E-state index contributed by atoms with van der Waals surface area (Å²) in [6.45, 7) is 4.78. The van der Waals surface area contributed by atoms with Crippen molar-refractivity contribution in [1.82, 2.24) is 5.06 Å². The van der Waals surface area contributed by atoms with E-state index in [9.17, 15) is 0 Å². The molecule has 0 aliphatic carbocycles. The average molecular weight is 213 g/mol. The second-order valence-corrected chi connectivity index (χ2v) is 4.09. The first-order valence-electron chi connectivity index (χ1n) is 6.17. The highest BCUT2D eigenvalue weighted by Gasteiger charge is 1.95. The quantitative estimate of drug-likeness (QED) is 0.294. The number of allylic oxidation sites excluding steroid dienone is 1. The van der Waals surface area contributed by atoms with E-state index in [0.717, 1.165) is 6.54 Å². The lowest BCUT2D eigenvalue weighted by Gasteiger charge is -2.12. The van der Waals surface area contributed by atoms with Crippen molar-refractivity contribution in [2.24, 2.45) is 0 Å². The van der Waals surface area contributed by atoms with Crippen molar-refractivity contribution in [2.75, 3.05) is 20.7 Å². The molecule has 0 bridgehead atoms. The van der Waals surface area contributed by atoms with Crippen LogP contribution in [0.25, 0.3) is 0 Å². The van der Waals surface area contributed by atoms with Gasteiger partial charge in [-0.15, -0.1) is 6.58 Å². The lowest BCUT2D eigenvalue weighted by molar-refractivity contribution is -0.109. The van der Waals surface area contributed by atoms with Crippen LogP contribution in [0.4, 0.5) is 0 Å². The van der Waals surface area contributed by atoms with Crippen LogP contribution in [0.5, 0.6) is 0 Å². The molecular weight excluding hydrogens is 186 g/mol. The molecule has 0 atom stereocenters. The molecule has 2 heteroatoms. The molecule has 0 heterocycles. The van der Waals surface area contributed by atoms with E-state index in [1.165, 1.54) is 51.4 Å². The van der Waals surface area contributed by atoms with Gasteiger partial charge in [0.15, 0.2) is 0 Å². The van der Waals surface area contributed by atoms with Crippen molar-refractivity contribution in [3.63, 3.8) is 0 Å². The molecule has 0 spiro atoms. The van der Waals surface area contributed by atoms with Crippen LogP contribution in [0.2, 0.25) is 0 Å². The van der Waals surface area contributed by atoms with Gasteiger partial charge in [-0.2, -0.15) is 5.06 Å². The van der Waals surface area contributed by atoms with Crippen LogP contribution in [-0.4, -0.2) is 25.8 Å². The van der Waals surface area contributed by atoms with Crippen LogP contribution in [0.15, 0.2) is 12.7 Å². The van der Waals surface area contributed by atoms with E-state index in [4.69, 9.17) is 4.84 Å². The monoisotopic (exact) mass is 213 g/mol. The van der Waals surface area contributed by atoms with Crippen molar-refractivity contribution >= 4 is 0 Å². The smallest absolute Gasteiger partial charge is 0.0575 e. The highest BCUT2D eigenvalue weighted by atomic mass is 16.7. The summed E-state index contributed by atoms with van der Waals surface area (Å²) < 4.78 is 0. The number of nitrogens with zero attached hydrogens (tertiary/aromatic N) is 1. The number of unbranched alkanes of at least 4 members (excludes halogenated alkanes) is 7. The topological polar surface area (TPSA) is 12.5 Å². The van der Waals surface area contributed by atoms with Gasteiger partial charge in [0.1, 0.15) is 0 Å². The van der Waals surface area contributed by atoms with Crippen LogP contribution < -0.4 is 0 Å². The van der Waals surface area contributed by atoms with Gasteiger partial charge in [-0.1, -0.05) is 38.2 Å². The van der Waals surface area contributed by atoms with Gasteiger partial charge in [-0.05, 0) is 19.3 Å².